The molecule has 0 fully saturated rings. The lowest BCUT2D eigenvalue weighted by molar-refractivity contribution is -0.131. The monoisotopic (exact) mass is 372 g/mol. The Hall–Kier alpha value is -3.02. The maximum atomic E-state index is 13.8. The van der Waals surface area contributed by atoms with Crippen LogP contribution in [-0.4, -0.2) is 29.8 Å². The third-order valence-electron chi connectivity index (χ3n) is 3.98. The molecule has 0 unspecified atom stereocenters. The van der Waals surface area contributed by atoms with Gasteiger partial charge in [-0.1, -0.05) is 24.3 Å². The summed E-state index contributed by atoms with van der Waals surface area (Å²) in [5.74, 6) is -1.23. The van der Waals surface area contributed by atoms with Crippen molar-refractivity contribution in [3.63, 3.8) is 0 Å². The summed E-state index contributed by atoms with van der Waals surface area (Å²) in [5.41, 5.74) is 0.799. The number of hydrogen-bond donors (Lipinski definition) is 1. The van der Waals surface area contributed by atoms with E-state index in [4.69, 9.17) is 0 Å². The highest BCUT2D eigenvalue weighted by molar-refractivity contribution is 5.94. The van der Waals surface area contributed by atoms with E-state index in [1.54, 1.807) is 24.3 Å². The zero-order chi connectivity index (χ0) is 19.6. The Kier molecular flexibility index (Phi) is 7.67. The van der Waals surface area contributed by atoms with Gasteiger partial charge in [-0.2, -0.15) is 0 Å². The second-order valence-corrected chi connectivity index (χ2v) is 6.02. The van der Waals surface area contributed by atoms with Crippen LogP contribution in [0.2, 0.25) is 0 Å². The number of carbonyl (C=O) groups is 2. The molecule has 2 aromatic rings. The van der Waals surface area contributed by atoms with E-state index < -0.39 is 5.82 Å². The molecule has 0 saturated carbocycles. The molecule has 2 rings (SSSR count). The van der Waals surface area contributed by atoms with Crippen LogP contribution < -0.4 is 5.32 Å². The molecule has 4 nitrogen and oxygen atoms in total. The zero-order valence-electron chi connectivity index (χ0n) is 15.0. The van der Waals surface area contributed by atoms with Crippen molar-refractivity contribution < 1.29 is 18.4 Å². The standard InChI is InChI=1S/C21H22F2N2O2/c1-2-14-25(15-17-6-3-4-7-19(17)23)20(26)8-5-13-24-21(27)16-9-11-18(22)12-10-16/h2-4,6-7,9-12H,1,5,8,13-15H2,(H,24,27). The molecule has 0 aliphatic carbocycles. The SMILES string of the molecule is C=CCN(Cc1ccccc1F)C(=O)CCCNC(=O)c1ccc(F)cc1. The lowest BCUT2D eigenvalue weighted by Crippen LogP contribution is -2.32. The first kappa shape index (κ1) is 20.3. The Labute approximate surface area is 157 Å². The molecular formula is C21H22F2N2O2. The van der Waals surface area contributed by atoms with Gasteiger partial charge < -0.3 is 10.2 Å². The number of carbonyl (C=O) groups excluding carboxylic acids is 2. The summed E-state index contributed by atoms with van der Waals surface area (Å²) in [6.45, 7) is 4.42. The highest BCUT2D eigenvalue weighted by Crippen LogP contribution is 2.11. The second kappa shape index (κ2) is 10.2. The normalized spacial score (nSPS) is 10.3. The lowest BCUT2D eigenvalue weighted by atomic mass is 10.1. The minimum absolute atomic E-state index is 0.144. The van der Waals surface area contributed by atoms with Crippen molar-refractivity contribution >= 4 is 11.8 Å². The van der Waals surface area contributed by atoms with Crippen LogP contribution in [0.15, 0.2) is 61.2 Å². The maximum absolute atomic E-state index is 13.8. The van der Waals surface area contributed by atoms with E-state index in [-0.39, 0.29) is 30.6 Å². The van der Waals surface area contributed by atoms with Gasteiger partial charge in [-0.15, -0.1) is 6.58 Å². The number of amides is 2. The van der Waals surface area contributed by atoms with E-state index in [1.807, 2.05) is 0 Å². The van der Waals surface area contributed by atoms with Gasteiger partial charge in [0.05, 0.1) is 0 Å². The van der Waals surface area contributed by atoms with Crippen molar-refractivity contribution in [3.05, 3.63) is 83.9 Å². The molecule has 0 saturated heterocycles. The van der Waals surface area contributed by atoms with Crippen LogP contribution in [0.3, 0.4) is 0 Å². The molecule has 142 valence electrons. The number of rotatable bonds is 9. The molecule has 0 atom stereocenters. The smallest absolute Gasteiger partial charge is 0.251 e. The Morgan fingerprint density at radius 3 is 2.44 bits per heavy atom. The van der Waals surface area contributed by atoms with Crippen LogP contribution in [0.4, 0.5) is 8.78 Å². The third-order valence-corrected chi connectivity index (χ3v) is 3.98. The van der Waals surface area contributed by atoms with Crippen molar-refractivity contribution in [1.82, 2.24) is 10.2 Å². The van der Waals surface area contributed by atoms with Crippen LogP contribution in [0.1, 0.15) is 28.8 Å². The van der Waals surface area contributed by atoms with Crippen LogP contribution in [0.5, 0.6) is 0 Å². The topological polar surface area (TPSA) is 49.4 Å². The summed E-state index contributed by atoms with van der Waals surface area (Å²) in [6.07, 6.45) is 2.25. The number of nitrogens with zero attached hydrogens (tertiary/aromatic N) is 1. The fraction of sp³-hybridized carbons (Fsp3) is 0.238. The molecular weight excluding hydrogens is 350 g/mol. The first-order valence-corrected chi connectivity index (χ1v) is 8.67. The van der Waals surface area contributed by atoms with Gasteiger partial charge in [-0.25, -0.2) is 8.78 Å². The van der Waals surface area contributed by atoms with Crippen molar-refractivity contribution in [1.29, 1.82) is 0 Å². The molecule has 0 aliphatic heterocycles. The van der Waals surface area contributed by atoms with Gasteiger partial charge in [0.25, 0.3) is 5.91 Å². The zero-order valence-corrected chi connectivity index (χ0v) is 15.0. The lowest BCUT2D eigenvalue weighted by Gasteiger charge is -2.21. The van der Waals surface area contributed by atoms with E-state index in [0.717, 1.165) is 0 Å². The molecule has 27 heavy (non-hydrogen) atoms. The van der Waals surface area contributed by atoms with Gasteiger partial charge in [-0.3, -0.25) is 9.59 Å². The second-order valence-electron chi connectivity index (χ2n) is 6.02. The van der Waals surface area contributed by atoms with E-state index in [1.165, 1.54) is 35.2 Å². The van der Waals surface area contributed by atoms with Crippen molar-refractivity contribution in [3.8, 4) is 0 Å². The highest BCUT2D eigenvalue weighted by Gasteiger charge is 2.14. The fourth-order valence-corrected chi connectivity index (χ4v) is 2.55. The Balaban J connectivity index is 1.81. The van der Waals surface area contributed by atoms with E-state index >= 15 is 0 Å². The fourth-order valence-electron chi connectivity index (χ4n) is 2.55. The highest BCUT2D eigenvalue weighted by atomic mass is 19.1. The minimum Gasteiger partial charge on any atom is -0.352 e. The molecule has 0 aromatic heterocycles. The number of benzene rings is 2. The quantitative estimate of drug-likeness (QED) is 0.539. The van der Waals surface area contributed by atoms with Crippen LogP contribution in [-0.2, 0) is 11.3 Å². The number of nitrogens with one attached hydrogen (secondary N) is 1. The molecule has 0 radical (unpaired) electrons. The van der Waals surface area contributed by atoms with Gasteiger partial charge in [0.15, 0.2) is 0 Å². The van der Waals surface area contributed by atoms with Crippen LogP contribution in [0, 0.1) is 11.6 Å². The molecule has 0 aliphatic rings. The van der Waals surface area contributed by atoms with Crippen molar-refractivity contribution in [2.75, 3.05) is 13.1 Å². The average Bonchev–Trinajstić information content (AvgIpc) is 2.66. The molecule has 2 aromatic carbocycles. The molecule has 1 N–H and O–H groups in total. The maximum Gasteiger partial charge on any atom is 0.251 e. The van der Waals surface area contributed by atoms with Gasteiger partial charge in [0, 0.05) is 37.2 Å². The largest absolute Gasteiger partial charge is 0.352 e. The summed E-state index contributed by atoms with van der Waals surface area (Å²) in [4.78, 5) is 25.9. The molecule has 0 bridgehead atoms. The third kappa shape index (κ3) is 6.33. The van der Waals surface area contributed by atoms with E-state index in [0.29, 0.717) is 30.6 Å². The summed E-state index contributed by atoms with van der Waals surface area (Å²) >= 11 is 0. The Morgan fingerprint density at radius 1 is 1.07 bits per heavy atom. The summed E-state index contributed by atoms with van der Waals surface area (Å²) < 4.78 is 26.7. The van der Waals surface area contributed by atoms with Gasteiger partial charge in [0.1, 0.15) is 11.6 Å². The predicted octanol–water partition coefficient (Wildman–Crippen LogP) is 3.69. The molecule has 6 heteroatoms. The minimum atomic E-state index is -0.408. The predicted molar refractivity (Wildman–Crippen MR) is 100.0 cm³/mol. The summed E-state index contributed by atoms with van der Waals surface area (Å²) in [7, 11) is 0. The van der Waals surface area contributed by atoms with Crippen molar-refractivity contribution in [2.24, 2.45) is 0 Å². The first-order valence-electron chi connectivity index (χ1n) is 8.67. The molecule has 0 heterocycles. The summed E-state index contributed by atoms with van der Waals surface area (Å²) in [6, 6.07) is 11.6. The number of halogens is 2. The Bertz CT molecular complexity index is 791. The summed E-state index contributed by atoms with van der Waals surface area (Å²) in [5, 5.41) is 2.69. The van der Waals surface area contributed by atoms with E-state index in [2.05, 4.69) is 11.9 Å². The molecule has 2 amide bonds. The van der Waals surface area contributed by atoms with Gasteiger partial charge >= 0.3 is 0 Å². The van der Waals surface area contributed by atoms with Crippen LogP contribution >= 0.6 is 0 Å². The first-order chi connectivity index (χ1) is 13.0. The average molecular weight is 372 g/mol. The van der Waals surface area contributed by atoms with Crippen LogP contribution in [0.25, 0.3) is 0 Å². The van der Waals surface area contributed by atoms with Gasteiger partial charge in [0.2, 0.25) is 5.91 Å². The van der Waals surface area contributed by atoms with E-state index in [9.17, 15) is 18.4 Å². The Morgan fingerprint density at radius 2 is 1.78 bits per heavy atom. The van der Waals surface area contributed by atoms with Gasteiger partial charge in [-0.05, 0) is 36.8 Å². The number of hydrogen-bond acceptors (Lipinski definition) is 2. The molecule has 0 spiro atoms. The van der Waals surface area contributed by atoms with Crippen molar-refractivity contribution in [2.45, 2.75) is 19.4 Å².